The normalized spacial score (nSPS) is 16.7. The lowest BCUT2D eigenvalue weighted by molar-refractivity contribution is -0.387. The Labute approximate surface area is 117 Å². The van der Waals surface area contributed by atoms with Crippen LogP contribution in [-0.4, -0.2) is 25.4 Å². The summed E-state index contributed by atoms with van der Waals surface area (Å²) in [5, 5.41) is 14.0. The highest BCUT2D eigenvalue weighted by Crippen LogP contribution is 2.37. The van der Waals surface area contributed by atoms with E-state index in [9.17, 15) is 18.5 Å². The topological polar surface area (TPSA) is 101 Å². The number of nitro groups is 1. The number of benzene rings is 1. The second-order valence-corrected chi connectivity index (χ2v) is 6.79. The van der Waals surface area contributed by atoms with Crippen molar-refractivity contribution in [1.82, 2.24) is 4.72 Å². The monoisotopic (exact) mass is 299 g/mol. The minimum absolute atomic E-state index is 0.294. The van der Waals surface area contributed by atoms with Crippen molar-refractivity contribution in [2.75, 3.05) is 11.9 Å². The van der Waals surface area contributed by atoms with Gasteiger partial charge in [-0.05, 0) is 38.8 Å². The standard InChI is InChI=1S/C12H17N3O4S/c1-3-13-9-4-5-11(10(8-9)15(16)17)20(18,19)14-12(2)6-7-12/h4-5,8,13-14H,3,6-7H2,1-2H3. The second kappa shape index (κ2) is 5.02. The molecule has 1 aromatic rings. The third kappa shape index (κ3) is 3.07. The summed E-state index contributed by atoms with van der Waals surface area (Å²) in [6.07, 6.45) is 1.49. The summed E-state index contributed by atoms with van der Waals surface area (Å²) >= 11 is 0. The van der Waals surface area contributed by atoms with E-state index < -0.39 is 26.2 Å². The number of hydrogen-bond acceptors (Lipinski definition) is 5. The number of rotatable bonds is 6. The van der Waals surface area contributed by atoms with Crippen LogP contribution in [0.15, 0.2) is 23.1 Å². The van der Waals surface area contributed by atoms with Crippen LogP contribution in [-0.2, 0) is 10.0 Å². The highest BCUT2D eigenvalue weighted by molar-refractivity contribution is 7.89. The van der Waals surface area contributed by atoms with Crippen molar-refractivity contribution < 1.29 is 13.3 Å². The van der Waals surface area contributed by atoms with Crippen molar-refractivity contribution in [3.8, 4) is 0 Å². The first kappa shape index (κ1) is 14.7. The van der Waals surface area contributed by atoms with Gasteiger partial charge in [0.2, 0.25) is 10.0 Å². The van der Waals surface area contributed by atoms with Gasteiger partial charge in [0.15, 0.2) is 4.90 Å². The maximum absolute atomic E-state index is 12.2. The molecule has 1 aromatic carbocycles. The zero-order valence-electron chi connectivity index (χ0n) is 11.3. The fourth-order valence-corrected chi connectivity index (χ4v) is 3.49. The highest BCUT2D eigenvalue weighted by atomic mass is 32.2. The van der Waals surface area contributed by atoms with Crippen molar-refractivity contribution in [2.45, 2.75) is 37.1 Å². The van der Waals surface area contributed by atoms with Gasteiger partial charge in [0.25, 0.3) is 5.69 Å². The molecule has 0 aromatic heterocycles. The lowest BCUT2D eigenvalue weighted by Gasteiger charge is -2.13. The predicted molar refractivity (Wildman–Crippen MR) is 75.2 cm³/mol. The van der Waals surface area contributed by atoms with Gasteiger partial charge in [-0.1, -0.05) is 0 Å². The van der Waals surface area contributed by atoms with Crippen LogP contribution in [0.1, 0.15) is 26.7 Å². The highest BCUT2D eigenvalue weighted by Gasteiger charge is 2.42. The molecule has 0 saturated heterocycles. The molecule has 20 heavy (non-hydrogen) atoms. The van der Waals surface area contributed by atoms with E-state index in [1.54, 1.807) is 6.92 Å². The van der Waals surface area contributed by atoms with E-state index >= 15 is 0 Å². The Hall–Kier alpha value is -1.67. The summed E-state index contributed by atoms with van der Waals surface area (Å²) in [5.41, 5.74) is -0.358. The smallest absolute Gasteiger partial charge is 0.291 e. The molecule has 1 aliphatic carbocycles. The fraction of sp³-hybridized carbons (Fsp3) is 0.500. The molecule has 0 spiro atoms. The van der Waals surface area contributed by atoms with E-state index in [-0.39, 0.29) is 4.90 Å². The van der Waals surface area contributed by atoms with Gasteiger partial charge < -0.3 is 5.32 Å². The third-order valence-corrected chi connectivity index (χ3v) is 4.89. The van der Waals surface area contributed by atoms with Crippen molar-refractivity contribution in [2.24, 2.45) is 0 Å². The molecule has 2 N–H and O–H groups in total. The molecule has 0 amide bonds. The van der Waals surface area contributed by atoms with Gasteiger partial charge in [-0.3, -0.25) is 10.1 Å². The summed E-state index contributed by atoms with van der Waals surface area (Å²) in [6.45, 7) is 4.23. The van der Waals surface area contributed by atoms with Crippen LogP contribution in [0.5, 0.6) is 0 Å². The van der Waals surface area contributed by atoms with E-state index in [1.165, 1.54) is 18.2 Å². The quantitative estimate of drug-likeness (QED) is 0.616. The van der Waals surface area contributed by atoms with Gasteiger partial charge in [0.05, 0.1) is 4.92 Å². The molecular weight excluding hydrogens is 282 g/mol. The maximum Gasteiger partial charge on any atom is 0.291 e. The Kier molecular flexibility index (Phi) is 3.70. The molecule has 1 fully saturated rings. The number of anilines is 1. The molecule has 0 unspecified atom stereocenters. The van der Waals surface area contributed by atoms with Gasteiger partial charge in [-0.25, -0.2) is 13.1 Å². The largest absolute Gasteiger partial charge is 0.385 e. The zero-order valence-corrected chi connectivity index (χ0v) is 12.2. The molecule has 1 aliphatic rings. The zero-order chi connectivity index (χ0) is 15.0. The third-order valence-electron chi connectivity index (χ3n) is 3.21. The molecule has 1 saturated carbocycles. The van der Waals surface area contributed by atoms with Crippen LogP contribution in [0.4, 0.5) is 11.4 Å². The van der Waals surface area contributed by atoms with Gasteiger partial charge in [0, 0.05) is 23.8 Å². The molecule has 0 heterocycles. The van der Waals surface area contributed by atoms with Crippen molar-refractivity contribution in [3.05, 3.63) is 28.3 Å². The fourth-order valence-electron chi connectivity index (χ4n) is 1.87. The molecule has 8 heteroatoms. The van der Waals surface area contributed by atoms with E-state index in [0.717, 1.165) is 12.8 Å². The molecule has 110 valence electrons. The summed E-state index contributed by atoms with van der Waals surface area (Å²) in [4.78, 5) is 10.1. The minimum Gasteiger partial charge on any atom is -0.385 e. The lowest BCUT2D eigenvalue weighted by Crippen LogP contribution is -2.34. The first-order chi connectivity index (χ1) is 9.27. The summed E-state index contributed by atoms with van der Waals surface area (Å²) in [5.74, 6) is 0. The van der Waals surface area contributed by atoms with Gasteiger partial charge in [-0.15, -0.1) is 0 Å². The van der Waals surface area contributed by atoms with Crippen LogP contribution in [0.2, 0.25) is 0 Å². The maximum atomic E-state index is 12.2. The van der Waals surface area contributed by atoms with Crippen LogP contribution in [0.25, 0.3) is 0 Å². The van der Waals surface area contributed by atoms with Gasteiger partial charge >= 0.3 is 0 Å². The van der Waals surface area contributed by atoms with Gasteiger partial charge in [0.1, 0.15) is 0 Å². The second-order valence-electron chi connectivity index (χ2n) is 5.14. The number of hydrogen-bond donors (Lipinski definition) is 2. The SMILES string of the molecule is CCNc1ccc(S(=O)(=O)NC2(C)CC2)c([N+](=O)[O-])c1. The Balaban J connectivity index is 2.42. The summed E-state index contributed by atoms with van der Waals surface area (Å²) in [6, 6.07) is 4.04. The molecular formula is C12H17N3O4S. The number of nitrogens with one attached hydrogen (secondary N) is 2. The van der Waals surface area contributed by atoms with E-state index in [1.807, 2.05) is 6.92 Å². The first-order valence-corrected chi connectivity index (χ1v) is 7.82. The first-order valence-electron chi connectivity index (χ1n) is 6.34. The average molecular weight is 299 g/mol. The van der Waals surface area contributed by atoms with Crippen LogP contribution in [0.3, 0.4) is 0 Å². The van der Waals surface area contributed by atoms with Crippen LogP contribution in [0, 0.1) is 10.1 Å². The predicted octanol–water partition coefficient (Wildman–Crippen LogP) is 1.86. The number of sulfonamides is 1. The Morgan fingerprint density at radius 3 is 2.55 bits per heavy atom. The summed E-state index contributed by atoms with van der Waals surface area (Å²) in [7, 11) is -3.88. The Morgan fingerprint density at radius 1 is 1.40 bits per heavy atom. The number of nitrogens with zero attached hydrogens (tertiary/aromatic N) is 1. The van der Waals surface area contributed by atoms with Gasteiger partial charge in [-0.2, -0.15) is 0 Å². The molecule has 0 radical (unpaired) electrons. The molecule has 0 aliphatic heterocycles. The molecule has 0 atom stereocenters. The molecule has 2 rings (SSSR count). The molecule has 7 nitrogen and oxygen atoms in total. The minimum atomic E-state index is -3.88. The van der Waals surface area contributed by atoms with E-state index in [2.05, 4.69) is 10.0 Å². The van der Waals surface area contributed by atoms with Crippen molar-refractivity contribution in [3.63, 3.8) is 0 Å². The average Bonchev–Trinajstić information content (AvgIpc) is 3.05. The number of nitro benzene ring substituents is 1. The van der Waals surface area contributed by atoms with E-state index in [0.29, 0.717) is 12.2 Å². The van der Waals surface area contributed by atoms with E-state index in [4.69, 9.17) is 0 Å². The summed E-state index contributed by atoms with van der Waals surface area (Å²) < 4.78 is 27.0. The van der Waals surface area contributed by atoms with Crippen molar-refractivity contribution >= 4 is 21.4 Å². The molecule has 0 bridgehead atoms. The Morgan fingerprint density at radius 2 is 2.05 bits per heavy atom. The lowest BCUT2D eigenvalue weighted by atomic mass is 10.3. The van der Waals surface area contributed by atoms with Crippen molar-refractivity contribution in [1.29, 1.82) is 0 Å². The van der Waals surface area contributed by atoms with Crippen LogP contribution >= 0.6 is 0 Å². The van der Waals surface area contributed by atoms with Crippen LogP contribution < -0.4 is 10.0 Å². The Bertz CT molecular complexity index is 638.